The second-order valence-corrected chi connectivity index (χ2v) is 4.13. The molecular weight excluding hydrogens is 214 g/mol. The van der Waals surface area contributed by atoms with E-state index in [-0.39, 0.29) is 11.9 Å². The minimum Gasteiger partial charge on any atom is -0.396 e. The monoisotopic (exact) mass is 227 g/mol. The predicted octanol–water partition coefficient (Wildman–Crippen LogP) is 1.34. The Kier molecular flexibility index (Phi) is 3.38. The highest BCUT2D eigenvalue weighted by atomic mass is 35.5. The van der Waals surface area contributed by atoms with E-state index in [9.17, 15) is 0 Å². The van der Waals surface area contributed by atoms with Crippen molar-refractivity contribution in [3.63, 3.8) is 0 Å². The molecule has 2 heterocycles. The fourth-order valence-corrected chi connectivity index (χ4v) is 2.10. The van der Waals surface area contributed by atoms with Crippen molar-refractivity contribution in [3.8, 4) is 0 Å². The van der Waals surface area contributed by atoms with Crippen molar-refractivity contribution >= 4 is 17.4 Å². The van der Waals surface area contributed by atoms with Gasteiger partial charge in [-0.05, 0) is 36.4 Å². The quantitative estimate of drug-likeness (QED) is 0.792. The third kappa shape index (κ3) is 2.58. The summed E-state index contributed by atoms with van der Waals surface area (Å²) in [5.41, 5.74) is 0. The summed E-state index contributed by atoms with van der Waals surface area (Å²) in [6, 6.07) is 1.87. The Bertz CT molecular complexity index is 334. The first-order valence-electron chi connectivity index (χ1n) is 5.14. The van der Waals surface area contributed by atoms with Crippen molar-refractivity contribution in [1.82, 2.24) is 9.97 Å². The summed E-state index contributed by atoms with van der Waals surface area (Å²) in [7, 11) is 0. The number of rotatable bonds is 3. The van der Waals surface area contributed by atoms with Crippen molar-refractivity contribution < 1.29 is 5.11 Å². The smallest absolute Gasteiger partial charge is 0.224 e. The number of halogens is 1. The molecule has 82 valence electrons. The molecule has 1 aromatic rings. The molecule has 0 aromatic carbocycles. The lowest BCUT2D eigenvalue weighted by molar-refractivity contribution is 0.263. The van der Waals surface area contributed by atoms with Crippen molar-refractivity contribution in [2.24, 2.45) is 5.92 Å². The topological polar surface area (TPSA) is 49.2 Å². The van der Waals surface area contributed by atoms with E-state index in [1.165, 1.54) is 0 Å². The molecule has 1 fully saturated rings. The highest BCUT2D eigenvalue weighted by Crippen LogP contribution is 2.24. The van der Waals surface area contributed by atoms with Crippen LogP contribution >= 0.6 is 11.6 Å². The van der Waals surface area contributed by atoms with Crippen LogP contribution in [0.25, 0.3) is 0 Å². The largest absolute Gasteiger partial charge is 0.396 e. The molecule has 1 aliphatic heterocycles. The molecule has 0 amide bonds. The second-order valence-electron chi connectivity index (χ2n) is 3.80. The highest BCUT2D eigenvalue weighted by molar-refractivity contribution is 6.28. The van der Waals surface area contributed by atoms with Crippen molar-refractivity contribution in [2.45, 2.75) is 12.8 Å². The first kappa shape index (κ1) is 10.6. The maximum atomic E-state index is 8.86. The molecule has 1 aromatic heterocycles. The highest BCUT2D eigenvalue weighted by Gasteiger charge is 2.22. The van der Waals surface area contributed by atoms with Crippen molar-refractivity contribution in [1.29, 1.82) is 0 Å². The number of anilines is 1. The Hall–Kier alpha value is -0.870. The second kappa shape index (κ2) is 4.77. The van der Waals surface area contributed by atoms with Gasteiger partial charge in [0.25, 0.3) is 0 Å². The molecular formula is C10H14ClN3O. The number of aromatic nitrogens is 2. The molecule has 1 aliphatic rings. The molecule has 1 saturated heterocycles. The van der Waals surface area contributed by atoms with Crippen LogP contribution in [0.4, 0.5) is 5.82 Å². The van der Waals surface area contributed by atoms with Crippen LogP contribution in [0.3, 0.4) is 0 Å². The number of aliphatic hydroxyl groups is 1. The van der Waals surface area contributed by atoms with E-state index in [1.54, 1.807) is 6.20 Å². The van der Waals surface area contributed by atoms with E-state index in [2.05, 4.69) is 14.9 Å². The lowest BCUT2D eigenvalue weighted by Gasteiger charge is -2.16. The van der Waals surface area contributed by atoms with Gasteiger partial charge < -0.3 is 10.0 Å². The zero-order valence-corrected chi connectivity index (χ0v) is 9.19. The van der Waals surface area contributed by atoms with Gasteiger partial charge in [0.05, 0.1) is 0 Å². The predicted molar refractivity (Wildman–Crippen MR) is 59.1 cm³/mol. The fraction of sp³-hybridized carbons (Fsp3) is 0.600. The van der Waals surface area contributed by atoms with Gasteiger partial charge in [0, 0.05) is 25.9 Å². The summed E-state index contributed by atoms with van der Waals surface area (Å²) in [6.07, 6.45) is 3.65. The van der Waals surface area contributed by atoms with Crippen molar-refractivity contribution in [2.75, 3.05) is 24.6 Å². The van der Waals surface area contributed by atoms with Crippen molar-refractivity contribution in [3.05, 3.63) is 17.5 Å². The fourth-order valence-electron chi connectivity index (χ4n) is 1.96. The van der Waals surface area contributed by atoms with Gasteiger partial charge in [0.2, 0.25) is 5.28 Å². The van der Waals surface area contributed by atoms with Gasteiger partial charge in [0.1, 0.15) is 5.82 Å². The average Bonchev–Trinajstić information content (AvgIpc) is 2.67. The molecule has 4 nitrogen and oxygen atoms in total. The normalized spacial score (nSPS) is 20.9. The third-order valence-corrected chi connectivity index (χ3v) is 2.94. The Labute approximate surface area is 93.9 Å². The first-order valence-corrected chi connectivity index (χ1v) is 5.52. The Balaban J connectivity index is 2.01. The van der Waals surface area contributed by atoms with Crippen LogP contribution in [0.2, 0.25) is 5.28 Å². The van der Waals surface area contributed by atoms with Crippen LogP contribution in [-0.2, 0) is 0 Å². The summed E-state index contributed by atoms with van der Waals surface area (Å²) < 4.78 is 0. The number of nitrogens with zero attached hydrogens (tertiary/aromatic N) is 3. The van der Waals surface area contributed by atoms with Gasteiger partial charge >= 0.3 is 0 Å². The van der Waals surface area contributed by atoms with Crippen LogP contribution in [-0.4, -0.2) is 34.8 Å². The SMILES string of the molecule is OCCC1CCN(c2ccnc(Cl)n2)C1. The molecule has 1 atom stereocenters. The first-order chi connectivity index (χ1) is 7.29. The summed E-state index contributed by atoms with van der Waals surface area (Å²) >= 11 is 5.73. The van der Waals surface area contributed by atoms with Gasteiger partial charge in [-0.15, -0.1) is 0 Å². The minimum atomic E-state index is 0.267. The average molecular weight is 228 g/mol. The molecule has 1 unspecified atom stereocenters. The van der Waals surface area contributed by atoms with Gasteiger partial charge in [0.15, 0.2) is 0 Å². The van der Waals surface area contributed by atoms with E-state index in [4.69, 9.17) is 16.7 Å². The molecule has 2 rings (SSSR count). The molecule has 1 N–H and O–H groups in total. The van der Waals surface area contributed by atoms with E-state index >= 15 is 0 Å². The molecule has 0 bridgehead atoms. The van der Waals surface area contributed by atoms with Gasteiger partial charge in [-0.25, -0.2) is 9.97 Å². The summed E-state index contributed by atoms with van der Waals surface area (Å²) in [4.78, 5) is 10.2. The molecule has 5 heteroatoms. The van der Waals surface area contributed by atoms with E-state index in [0.717, 1.165) is 31.7 Å². The Morgan fingerprint density at radius 3 is 3.20 bits per heavy atom. The standard InChI is InChI=1S/C10H14ClN3O/c11-10-12-4-1-9(13-10)14-5-2-8(7-14)3-6-15/h1,4,8,15H,2-3,5-7H2. The maximum absolute atomic E-state index is 8.86. The number of hydrogen-bond acceptors (Lipinski definition) is 4. The summed E-state index contributed by atoms with van der Waals surface area (Å²) in [5.74, 6) is 1.46. The molecule has 0 radical (unpaired) electrons. The zero-order chi connectivity index (χ0) is 10.7. The lowest BCUT2D eigenvalue weighted by atomic mass is 10.1. The number of aliphatic hydroxyl groups excluding tert-OH is 1. The number of hydrogen-bond donors (Lipinski definition) is 1. The van der Waals surface area contributed by atoms with E-state index < -0.39 is 0 Å². The van der Waals surface area contributed by atoms with E-state index in [1.807, 2.05) is 6.07 Å². The van der Waals surface area contributed by atoms with Crippen LogP contribution in [0, 0.1) is 5.92 Å². The third-order valence-electron chi connectivity index (χ3n) is 2.76. The molecule has 15 heavy (non-hydrogen) atoms. The summed E-state index contributed by atoms with van der Waals surface area (Å²) in [5, 5.41) is 9.15. The van der Waals surface area contributed by atoms with E-state index in [0.29, 0.717) is 5.92 Å². The van der Waals surface area contributed by atoms with Gasteiger partial charge in [-0.2, -0.15) is 0 Å². The molecule has 0 spiro atoms. The molecule has 0 saturated carbocycles. The van der Waals surface area contributed by atoms with Gasteiger partial charge in [-0.3, -0.25) is 0 Å². The Morgan fingerprint density at radius 2 is 2.47 bits per heavy atom. The van der Waals surface area contributed by atoms with Crippen LogP contribution in [0.15, 0.2) is 12.3 Å². The van der Waals surface area contributed by atoms with Crippen LogP contribution in [0.5, 0.6) is 0 Å². The molecule has 0 aliphatic carbocycles. The Morgan fingerprint density at radius 1 is 1.60 bits per heavy atom. The lowest BCUT2D eigenvalue weighted by Crippen LogP contribution is -2.21. The summed E-state index contributed by atoms with van der Waals surface area (Å²) in [6.45, 7) is 2.20. The van der Waals surface area contributed by atoms with Gasteiger partial charge in [-0.1, -0.05) is 0 Å². The zero-order valence-electron chi connectivity index (χ0n) is 8.43. The maximum Gasteiger partial charge on any atom is 0.224 e. The van der Waals surface area contributed by atoms with Crippen LogP contribution < -0.4 is 4.90 Å². The minimum absolute atomic E-state index is 0.267. The van der Waals surface area contributed by atoms with Crippen LogP contribution in [0.1, 0.15) is 12.8 Å².